The van der Waals surface area contributed by atoms with Gasteiger partial charge >= 0.3 is 17.2 Å². The number of aromatic nitrogens is 1. The molecule has 0 aromatic carbocycles. The van der Waals surface area contributed by atoms with Crippen LogP contribution >= 0.6 is 0 Å². The van der Waals surface area contributed by atoms with Gasteiger partial charge in [-0.2, -0.15) is 0 Å². The normalized spacial score (nSPS) is 15.5. The number of methoxy groups -OCH3 is 1. The van der Waals surface area contributed by atoms with Gasteiger partial charge in [-0.15, -0.1) is 0 Å². The maximum Gasteiger partial charge on any atom is 0.339 e. The van der Waals surface area contributed by atoms with Gasteiger partial charge in [0.2, 0.25) is 5.91 Å². The maximum atomic E-state index is 12.2. The van der Waals surface area contributed by atoms with Crippen LogP contribution < -0.4 is 10.9 Å². The first-order valence-electron chi connectivity index (χ1n) is 8.34. The second-order valence-corrected chi connectivity index (χ2v) is 6.07. The molecule has 1 N–H and O–H groups in total. The number of ether oxygens (including phenoxy) is 1. The number of carbonyl (C=O) groups excluding carboxylic acids is 2. The summed E-state index contributed by atoms with van der Waals surface area (Å²) >= 11 is 0. The van der Waals surface area contributed by atoms with E-state index in [9.17, 15) is 24.5 Å². The van der Waals surface area contributed by atoms with E-state index in [0.29, 0.717) is 0 Å². The van der Waals surface area contributed by atoms with Gasteiger partial charge in [-0.1, -0.05) is 6.92 Å². The highest BCUT2D eigenvalue weighted by Gasteiger charge is 2.23. The number of nitro groups is 1. The van der Waals surface area contributed by atoms with E-state index in [1.807, 2.05) is 0 Å². The largest absolute Gasteiger partial charge is 0.465 e. The fourth-order valence-electron chi connectivity index (χ4n) is 2.92. The number of pyridine rings is 1. The molecule has 0 spiro atoms. The van der Waals surface area contributed by atoms with E-state index >= 15 is 0 Å². The summed E-state index contributed by atoms with van der Waals surface area (Å²) in [4.78, 5) is 48.5. The summed E-state index contributed by atoms with van der Waals surface area (Å²) in [6.07, 6.45) is 2.70. The van der Waals surface area contributed by atoms with Gasteiger partial charge in [-0.3, -0.25) is 24.3 Å². The van der Waals surface area contributed by atoms with Crippen molar-refractivity contribution in [2.75, 3.05) is 26.7 Å². The Labute approximate surface area is 149 Å². The van der Waals surface area contributed by atoms with E-state index in [4.69, 9.17) is 0 Å². The molecule has 10 heteroatoms. The highest BCUT2D eigenvalue weighted by molar-refractivity contribution is 5.89. The Kier molecular flexibility index (Phi) is 6.45. The van der Waals surface area contributed by atoms with Gasteiger partial charge in [0.15, 0.2) is 0 Å². The standard InChI is InChI=1S/C16H22N4O6/c1-3-18-6-4-12(5-7-18)17-14(21)10-19-9-11(16(23)26-2)8-13(15(19)22)20(24)25/h8-9,12H,3-7,10H2,1-2H3,(H,17,21). The lowest BCUT2D eigenvalue weighted by Gasteiger charge is -2.31. The molecule has 0 aliphatic carbocycles. The third kappa shape index (κ3) is 4.66. The lowest BCUT2D eigenvalue weighted by Crippen LogP contribution is -2.46. The molecule has 142 valence electrons. The number of esters is 1. The van der Waals surface area contributed by atoms with Crippen molar-refractivity contribution in [3.8, 4) is 0 Å². The molecule has 1 aromatic heterocycles. The fraction of sp³-hybridized carbons (Fsp3) is 0.562. The Morgan fingerprint density at radius 2 is 2.04 bits per heavy atom. The smallest absolute Gasteiger partial charge is 0.339 e. The molecule has 10 nitrogen and oxygen atoms in total. The first kappa shape index (κ1) is 19.6. The number of hydrogen-bond donors (Lipinski definition) is 1. The van der Waals surface area contributed by atoms with Gasteiger partial charge in [0.1, 0.15) is 6.54 Å². The molecule has 26 heavy (non-hydrogen) atoms. The summed E-state index contributed by atoms with van der Waals surface area (Å²) in [6.45, 7) is 4.39. The zero-order valence-electron chi connectivity index (χ0n) is 14.8. The summed E-state index contributed by atoms with van der Waals surface area (Å²) in [5.74, 6) is -1.26. The highest BCUT2D eigenvalue weighted by Crippen LogP contribution is 2.11. The Hall–Kier alpha value is -2.75. The van der Waals surface area contributed by atoms with Crippen LogP contribution in [0.4, 0.5) is 5.69 Å². The van der Waals surface area contributed by atoms with Crippen LogP contribution in [-0.2, 0) is 16.1 Å². The number of nitrogens with zero attached hydrogens (tertiary/aromatic N) is 3. The van der Waals surface area contributed by atoms with E-state index in [1.165, 1.54) is 0 Å². The predicted octanol–water partition coefficient (Wildman–Crippen LogP) is 0.144. The van der Waals surface area contributed by atoms with Gasteiger partial charge in [0, 0.05) is 31.4 Å². The Balaban J connectivity index is 2.13. The van der Waals surface area contributed by atoms with Crippen LogP contribution in [0.5, 0.6) is 0 Å². The molecule has 2 rings (SSSR count). The SMILES string of the molecule is CCN1CCC(NC(=O)Cn2cc(C(=O)OC)cc([N+](=O)[O-])c2=O)CC1. The first-order valence-corrected chi connectivity index (χ1v) is 8.34. The highest BCUT2D eigenvalue weighted by atomic mass is 16.6. The third-order valence-electron chi connectivity index (χ3n) is 4.40. The average Bonchev–Trinajstić information content (AvgIpc) is 2.63. The molecule has 0 atom stereocenters. The molecule has 0 bridgehead atoms. The average molecular weight is 366 g/mol. The van der Waals surface area contributed by atoms with E-state index in [-0.39, 0.29) is 11.6 Å². The molecule has 1 amide bonds. The molecule has 0 radical (unpaired) electrons. The molecule has 1 fully saturated rings. The van der Waals surface area contributed by atoms with Crippen molar-refractivity contribution >= 4 is 17.6 Å². The van der Waals surface area contributed by atoms with Gasteiger partial charge in [-0.05, 0) is 19.4 Å². The van der Waals surface area contributed by atoms with Gasteiger partial charge in [0.25, 0.3) is 0 Å². The molecule has 1 aromatic rings. The third-order valence-corrected chi connectivity index (χ3v) is 4.40. The number of nitrogens with one attached hydrogen (secondary N) is 1. The van der Waals surface area contributed by atoms with Crippen LogP contribution in [0.15, 0.2) is 17.1 Å². The van der Waals surface area contributed by atoms with Crippen LogP contribution in [-0.4, -0.2) is 59.1 Å². The zero-order valence-corrected chi connectivity index (χ0v) is 14.8. The number of carbonyl (C=O) groups is 2. The molecule has 0 saturated carbocycles. The van der Waals surface area contributed by atoms with E-state index in [0.717, 1.165) is 56.4 Å². The molecule has 1 aliphatic heterocycles. The van der Waals surface area contributed by atoms with Gasteiger partial charge < -0.3 is 15.0 Å². The van der Waals surface area contributed by atoms with Crippen molar-refractivity contribution in [1.29, 1.82) is 0 Å². The van der Waals surface area contributed by atoms with Crippen LogP contribution in [0.25, 0.3) is 0 Å². The van der Waals surface area contributed by atoms with Crippen molar-refractivity contribution in [2.45, 2.75) is 32.4 Å². The summed E-state index contributed by atoms with van der Waals surface area (Å²) in [5, 5.41) is 13.9. The Morgan fingerprint density at radius 1 is 1.38 bits per heavy atom. The maximum absolute atomic E-state index is 12.2. The minimum Gasteiger partial charge on any atom is -0.465 e. The first-order chi connectivity index (χ1) is 12.3. The zero-order chi connectivity index (χ0) is 19.3. The molecular weight excluding hydrogens is 344 g/mol. The molecule has 1 aliphatic rings. The summed E-state index contributed by atoms with van der Waals surface area (Å²) < 4.78 is 5.39. The quantitative estimate of drug-likeness (QED) is 0.431. The lowest BCUT2D eigenvalue weighted by atomic mass is 10.1. The van der Waals surface area contributed by atoms with Crippen molar-refractivity contribution in [2.24, 2.45) is 0 Å². The van der Waals surface area contributed by atoms with Crippen LogP contribution in [0.3, 0.4) is 0 Å². The summed E-state index contributed by atoms with van der Waals surface area (Å²) in [6, 6.07) is 0.850. The topological polar surface area (TPSA) is 124 Å². The van der Waals surface area contributed by atoms with Gasteiger partial charge in [-0.25, -0.2) is 4.79 Å². The Bertz CT molecular complexity index is 752. The Morgan fingerprint density at radius 3 is 2.58 bits per heavy atom. The minimum absolute atomic E-state index is 0.000206. The van der Waals surface area contributed by atoms with E-state index in [2.05, 4.69) is 21.9 Å². The summed E-state index contributed by atoms with van der Waals surface area (Å²) in [5.41, 5.74) is -1.89. The lowest BCUT2D eigenvalue weighted by molar-refractivity contribution is -0.386. The molecule has 1 saturated heterocycles. The molecule has 0 unspecified atom stereocenters. The summed E-state index contributed by atoms with van der Waals surface area (Å²) in [7, 11) is 1.12. The number of hydrogen-bond acceptors (Lipinski definition) is 7. The number of likely N-dealkylation sites (tertiary alicyclic amines) is 1. The second-order valence-electron chi connectivity index (χ2n) is 6.07. The fourth-order valence-corrected chi connectivity index (χ4v) is 2.92. The number of amides is 1. The minimum atomic E-state index is -0.946. The number of piperidine rings is 1. The molecule has 2 heterocycles. The van der Waals surface area contributed by atoms with Crippen LogP contribution in [0.1, 0.15) is 30.1 Å². The second kappa shape index (κ2) is 8.56. The van der Waals surface area contributed by atoms with Gasteiger partial charge in [0.05, 0.1) is 17.6 Å². The van der Waals surface area contributed by atoms with Crippen molar-refractivity contribution in [3.63, 3.8) is 0 Å². The van der Waals surface area contributed by atoms with E-state index < -0.39 is 34.6 Å². The van der Waals surface area contributed by atoms with E-state index in [1.54, 1.807) is 0 Å². The molecular formula is C16H22N4O6. The monoisotopic (exact) mass is 366 g/mol. The van der Waals surface area contributed by atoms with Crippen molar-refractivity contribution < 1.29 is 19.2 Å². The predicted molar refractivity (Wildman–Crippen MR) is 92.0 cm³/mol. The van der Waals surface area contributed by atoms with Crippen LogP contribution in [0.2, 0.25) is 0 Å². The van der Waals surface area contributed by atoms with Crippen LogP contribution in [0, 0.1) is 10.1 Å². The number of rotatable bonds is 6. The van der Waals surface area contributed by atoms with Crippen molar-refractivity contribution in [3.05, 3.63) is 38.3 Å². The van der Waals surface area contributed by atoms with Crippen molar-refractivity contribution in [1.82, 2.24) is 14.8 Å².